The Hall–Kier alpha value is -1.06. The number of rotatable bonds is 6. The normalized spacial score (nSPS) is 19.7. The molecule has 0 amide bonds. The lowest BCUT2D eigenvalue weighted by atomic mass is 9.97. The summed E-state index contributed by atoms with van der Waals surface area (Å²) in [6.07, 6.45) is 3.80. The van der Waals surface area contributed by atoms with Gasteiger partial charge in [-0.15, -0.1) is 0 Å². The van der Waals surface area contributed by atoms with Gasteiger partial charge in [0.15, 0.2) is 0 Å². The molecule has 1 atom stereocenters. The SMILES string of the molecule is COc1ccccc1COCC[C@H]1CCCNC1. The van der Waals surface area contributed by atoms with Gasteiger partial charge in [-0.05, 0) is 44.3 Å². The number of nitrogens with one attached hydrogen (secondary N) is 1. The highest BCUT2D eigenvalue weighted by Crippen LogP contribution is 2.19. The van der Waals surface area contributed by atoms with Crippen molar-refractivity contribution in [3.63, 3.8) is 0 Å². The Labute approximate surface area is 109 Å². The van der Waals surface area contributed by atoms with Crippen LogP contribution in [0.25, 0.3) is 0 Å². The molecule has 1 N–H and O–H groups in total. The standard InChI is InChI=1S/C15H23NO2/c1-17-15-7-3-2-6-14(15)12-18-10-8-13-5-4-9-16-11-13/h2-3,6-7,13,16H,4-5,8-12H2,1H3/t13-/m1/s1. The lowest BCUT2D eigenvalue weighted by molar-refractivity contribution is 0.102. The van der Waals surface area contributed by atoms with Crippen molar-refractivity contribution in [3.05, 3.63) is 29.8 Å². The summed E-state index contributed by atoms with van der Waals surface area (Å²) in [7, 11) is 1.70. The lowest BCUT2D eigenvalue weighted by Gasteiger charge is -2.22. The average Bonchev–Trinajstić information content (AvgIpc) is 2.45. The van der Waals surface area contributed by atoms with Crippen LogP contribution in [0.4, 0.5) is 0 Å². The fourth-order valence-corrected chi connectivity index (χ4v) is 2.42. The van der Waals surface area contributed by atoms with Crippen molar-refractivity contribution < 1.29 is 9.47 Å². The zero-order valence-electron chi connectivity index (χ0n) is 11.2. The van der Waals surface area contributed by atoms with Gasteiger partial charge in [0.2, 0.25) is 0 Å². The molecule has 1 fully saturated rings. The molecule has 1 aromatic carbocycles. The predicted octanol–water partition coefficient (Wildman–Crippen LogP) is 2.60. The first kappa shape index (κ1) is 13.4. The van der Waals surface area contributed by atoms with Crippen LogP contribution in [0.2, 0.25) is 0 Å². The molecule has 0 aromatic heterocycles. The summed E-state index contributed by atoms with van der Waals surface area (Å²) >= 11 is 0. The van der Waals surface area contributed by atoms with Gasteiger partial charge in [0.1, 0.15) is 5.75 Å². The van der Waals surface area contributed by atoms with Crippen molar-refractivity contribution >= 4 is 0 Å². The minimum atomic E-state index is 0.643. The Morgan fingerprint density at radius 3 is 3.00 bits per heavy atom. The van der Waals surface area contributed by atoms with Crippen LogP contribution in [0.1, 0.15) is 24.8 Å². The summed E-state index contributed by atoms with van der Waals surface area (Å²) in [5, 5.41) is 3.44. The first-order valence-electron chi connectivity index (χ1n) is 6.80. The molecule has 100 valence electrons. The molecule has 1 heterocycles. The molecule has 3 nitrogen and oxygen atoms in total. The van der Waals surface area contributed by atoms with E-state index >= 15 is 0 Å². The largest absolute Gasteiger partial charge is 0.496 e. The van der Waals surface area contributed by atoms with E-state index in [1.54, 1.807) is 7.11 Å². The maximum Gasteiger partial charge on any atom is 0.124 e. The van der Waals surface area contributed by atoms with E-state index in [1.165, 1.54) is 19.4 Å². The van der Waals surface area contributed by atoms with Gasteiger partial charge in [-0.2, -0.15) is 0 Å². The third-order valence-electron chi connectivity index (χ3n) is 3.52. The number of methoxy groups -OCH3 is 1. The van der Waals surface area contributed by atoms with Crippen molar-refractivity contribution in [2.45, 2.75) is 25.9 Å². The highest BCUT2D eigenvalue weighted by molar-refractivity contribution is 5.32. The molecule has 18 heavy (non-hydrogen) atoms. The van der Waals surface area contributed by atoms with E-state index in [1.807, 2.05) is 18.2 Å². The van der Waals surface area contributed by atoms with Crippen LogP contribution < -0.4 is 10.1 Å². The quantitative estimate of drug-likeness (QED) is 0.786. The van der Waals surface area contributed by atoms with Gasteiger partial charge >= 0.3 is 0 Å². The van der Waals surface area contributed by atoms with Crippen LogP contribution in [0.15, 0.2) is 24.3 Å². The second kappa shape index (κ2) is 7.39. The fourth-order valence-electron chi connectivity index (χ4n) is 2.42. The Balaban J connectivity index is 1.68. The molecule has 1 aromatic rings. The number of para-hydroxylation sites is 1. The zero-order valence-corrected chi connectivity index (χ0v) is 11.2. The van der Waals surface area contributed by atoms with Gasteiger partial charge in [-0.25, -0.2) is 0 Å². The maximum absolute atomic E-state index is 5.76. The summed E-state index contributed by atoms with van der Waals surface area (Å²) in [6.45, 7) is 3.81. The lowest BCUT2D eigenvalue weighted by Crippen LogP contribution is -2.30. The van der Waals surface area contributed by atoms with E-state index in [-0.39, 0.29) is 0 Å². The maximum atomic E-state index is 5.76. The molecule has 1 aliphatic rings. The van der Waals surface area contributed by atoms with E-state index in [2.05, 4.69) is 11.4 Å². The van der Waals surface area contributed by atoms with Crippen molar-refractivity contribution in [1.29, 1.82) is 0 Å². The Morgan fingerprint density at radius 1 is 1.33 bits per heavy atom. The second-order valence-electron chi connectivity index (χ2n) is 4.87. The van der Waals surface area contributed by atoms with Crippen LogP contribution in [0.5, 0.6) is 5.75 Å². The minimum Gasteiger partial charge on any atom is -0.496 e. The minimum absolute atomic E-state index is 0.643. The first-order chi connectivity index (χ1) is 8.90. The van der Waals surface area contributed by atoms with E-state index in [0.29, 0.717) is 6.61 Å². The number of hydrogen-bond acceptors (Lipinski definition) is 3. The highest BCUT2D eigenvalue weighted by Gasteiger charge is 2.12. The number of ether oxygens (including phenoxy) is 2. The Kier molecular flexibility index (Phi) is 5.49. The van der Waals surface area contributed by atoms with Crippen LogP contribution in [0, 0.1) is 5.92 Å². The second-order valence-corrected chi connectivity index (χ2v) is 4.87. The number of piperidine rings is 1. The van der Waals surface area contributed by atoms with Crippen LogP contribution >= 0.6 is 0 Å². The van der Waals surface area contributed by atoms with Gasteiger partial charge in [0.25, 0.3) is 0 Å². The molecule has 0 aliphatic carbocycles. The highest BCUT2D eigenvalue weighted by atomic mass is 16.5. The van der Waals surface area contributed by atoms with Crippen LogP contribution in [0.3, 0.4) is 0 Å². The van der Waals surface area contributed by atoms with E-state index in [9.17, 15) is 0 Å². The number of hydrogen-bond donors (Lipinski definition) is 1. The Morgan fingerprint density at radius 2 is 2.22 bits per heavy atom. The summed E-state index contributed by atoms with van der Waals surface area (Å²) in [5.74, 6) is 1.70. The molecule has 0 unspecified atom stereocenters. The summed E-state index contributed by atoms with van der Waals surface area (Å²) in [6, 6.07) is 8.03. The molecular formula is C15H23NO2. The van der Waals surface area contributed by atoms with Gasteiger partial charge in [-0.3, -0.25) is 0 Å². The van der Waals surface area contributed by atoms with Gasteiger partial charge in [0, 0.05) is 12.2 Å². The molecule has 1 saturated heterocycles. The monoisotopic (exact) mass is 249 g/mol. The van der Waals surface area contributed by atoms with E-state index in [4.69, 9.17) is 9.47 Å². The summed E-state index contributed by atoms with van der Waals surface area (Å²) < 4.78 is 11.1. The number of benzene rings is 1. The average molecular weight is 249 g/mol. The van der Waals surface area contributed by atoms with Crippen LogP contribution in [-0.4, -0.2) is 26.8 Å². The molecule has 0 bridgehead atoms. The third kappa shape index (κ3) is 4.00. The molecular weight excluding hydrogens is 226 g/mol. The van der Waals surface area contributed by atoms with Crippen LogP contribution in [-0.2, 0) is 11.3 Å². The molecule has 2 rings (SSSR count). The smallest absolute Gasteiger partial charge is 0.124 e. The molecule has 3 heteroatoms. The fraction of sp³-hybridized carbons (Fsp3) is 0.600. The van der Waals surface area contributed by atoms with Gasteiger partial charge in [-0.1, -0.05) is 18.2 Å². The summed E-state index contributed by atoms with van der Waals surface area (Å²) in [4.78, 5) is 0. The van der Waals surface area contributed by atoms with Gasteiger partial charge < -0.3 is 14.8 Å². The Bertz CT molecular complexity index is 348. The van der Waals surface area contributed by atoms with Crippen molar-refractivity contribution in [1.82, 2.24) is 5.32 Å². The zero-order chi connectivity index (χ0) is 12.6. The van der Waals surface area contributed by atoms with Crippen molar-refractivity contribution in [2.75, 3.05) is 26.8 Å². The molecule has 0 spiro atoms. The molecule has 0 radical (unpaired) electrons. The third-order valence-corrected chi connectivity index (χ3v) is 3.52. The summed E-state index contributed by atoms with van der Waals surface area (Å²) in [5.41, 5.74) is 1.13. The van der Waals surface area contributed by atoms with Crippen molar-refractivity contribution in [3.8, 4) is 5.75 Å². The van der Waals surface area contributed by atoms with E-state index in [0.717, 1.165) is 36.8 Å². The van der Waals surface area contributed by atoms with Gasteiger partial charge in [0.05, 0.1) is 13.7 Å². The molecule has 0 saturated carbocycles. The topological polar surface area (TPSA) is 30.5 Å². The predicted molar refractivity (Wildman–Crippen MR) is 72.9 cm³/mol. The molecule has 1 aliphatic heterocycles. The first-order valence-corrected chi connectivity index (χ1v) is 6.80. The van der Waals surface area contributed by atoms with Crippen molar-refractivity contribution in [2.24, 2.45) is 5.92 Å². The van der Waals surface area contributed by atoms with E-state index < -0.39 is 0 Å².